The van der Waals surface area contributed by atoms with E-state index in [2.05, 4.69) is 35.8 Å². The van der Waals surface area contributed by atoms with Crippen LogP contribution in [0.5, 0.6) is 0 Å². The summed E-state index contributed by atoms with van der Waals surface area (Å²) in [4.78, 5) is 15.7. The first-order valence-electron chi connectivity index (χ1n) is 10.1. The van der Waals surface area contributed by atoms with Crippen molar-refractivity contribution < 1.29 is 9.90 Å². The smallest absolute Gasteiger partial charge is 0.307 e. The van der Waals surface area contributed by atoms with Crippen LogP contribution >= 0.6 is 23.2 Å². The Balaban J connectivity index is 1.44. The minimum absolute atomic E-state index is 0.229. The average molecular weight is 433 g/mol. The molecule has 1 atom stereocenters. The van der Waals surface area contributed by atoms with Gasteiger partial charge in [0.2, 0.25) is 0 Å². The molecule has 0 unspecified atom stereocenters. The Morgan fingerprint density at radius 3 is 2.28 bits per heavy atom. The van der Waals surface area contributed by atoms with Gasteiger partial charge in [0.05, 0.1) is 21.7 Å². The molecule has 0 bridgehead atoms. The van der Waals surface area contributed by atoms with Gasteiger partial charge in [-0.15, -0.1) is 0 Å². The molecular weight excluding hydrogens is 407 g/mol. The number of halogens is 2. The lowest BCUT2D eigenvalue weighted by atomic mass is 9.87. The Kier molecular flexibility index (Phi) is 5.78. The summed E-state index contributed by atoms with van der Waals surface area (Å²) in [6, 6.07) is 10.2. The Hall–Kier alpha value is -1.75. The van der Waals surface area contributed by atoms with Gasteiger partial charge in [0.1, 0.15) is 0 Å². The van der Waals surface area contributed by atoms with E-state index in [0.29, 0.717) is 22.5 Å². The zero-order chi connectivity index (χ0) is 20.7. The largest absolute Gasteiger partial charge is 0.481 e. The number of carboxylic acids is 1. The normalized spacial score (nSPS) is 20.1. The van der Waals surface area contributed by atoms with Crippen LogP contribution in [-0.4, -0.2) is 42.2 Å². The molecule has 0 saturated carbocycles. The molecule has 29 heavy (non-hydrogen) atoms. The summed E-state index contributed by atoms with van der Waals surface area (Å²) in [5.41, 5.74) is 6.18. The first-order valence-corrected chi connectivity index (χ1v) is 10.8. The predicted molar refractivity (Wildman–Crippen MR) is 118 cm³/mol. The number of likely N-dealkylation sites (tertiary alicyclic amines) is 1. The lowest BCUT2D eigenvalue weighted by Crippen LogP contribution is -2.45. The van der Waals surface area contributed by atoms with Crippen molar-refractivity contribution in [2.24, 2.45) is 5.92 Å². The van der Waals surface area contributed by atoms with Gasteiger partial charge in [-0.3, -0.25) is 9.69 Å². The summed E-state index contributed by atoms with van der Waals surface area (Å²) in [7, 11) is 0. The summed E-state index contributed by atoms with van der Waals surface area (Å²) in [5.74, 6) is -0.436. The van der Waals surface area contributed by atoms with Crippen molar-refractivity contribution in [3.8, 4) is 0 Å². The van der Waals surface area contributed by atoms with Crippen molar-refractivity contribution >= 4 is 34.9 Å². The Morgan fingerprint density at radius 1 is 1.10 bits per heavy atom. The fraction of sp³-hybridized carbons (Fsp3) is 0.435. The highest BCUT2D eigenvalue weighted by atomic mass is 35.5. The molecule has 0 amide bonds. The third kappa shape index (κ3) is 4.11. The number of carboxylic acid groups (broad SMARTS) is 1. The highest BCUT2D eigenvalue weighted by Crippen LogP contribution is 2.40. The molecule has 4 nitrogen and oxygen atoms in total. The SMILES string of the molecule is Cc1cc(C2CN(c3c(Cl)cccc3Cl)C2)cc(C)c1CN1CC[C@@H](C(=O)O)C1. The van der Waals surface area contributed by atoms with Crippen LogP contribution in [0.3, 0.4) is 0 Å². The van der Waals surface area contributed by atoms with Gasteiger partial charge in [0, 0.05) is 32.1 Å². The molecule has 2 aliphatic heterocycles. The first kappa shape index (κ1) is 20.5. The standard InChI is InChI=1S/C23H26Cl2N2O2/c1-14-8-17(18-11-27(12-18)22-20(24)4-3-5-21(22)25)9-15(2)19(14)13-26-7-6-16(10-26)23(28)29/h3-5,8-9,16,18H,6-7,10-13H2,1-2H3,(H,28,29)/t16-/m1/s1. The molecule has 4 rings (SSSR count). The molecule has 2 heterocycles. The maximum atomic E-state index is 11.2. The second kappa shape index (κ2) is 8.17. The van der Waals surface area contributed by atoms with E-state index in [0.717, 1.165) is 38.3 Å². The van der Waals surface area contributed by atoms with Crippen molar-refractivity contribution in [2.45, 2.75) is 32.7 Å². The molecule has 0 radical (unpaired) electrons. The number of aryl methyl sites for hydroxylation is 2. The number of aliphatic carboxylic acids is 1. The van der Waals surface area contributed by atoms with Gasteiger partial charge in [-0.25, -0.2) is 0 Å². The highest BCUT2D eigenvalue weighted by molar-refractivity contribution is 6.39. The van der Waals surface area contributed by atoms with Gasteiger partial charge in [-0.05, 0) is 61.2 Å². The summed E-state index contributed by atoms with van der Waals surface area (Å²) in [6.45, 7) is 8.48. The second-order valence-corrected chi connectivity index (χ2v) is 9.18. The van der Waals surface area contributed by atoms with Crippen LogP contribution < -0.4 is 4.90 Å². The molecule has 0 aliphatic carbocycles. The molecule has 154 valence electrons. The fourth-order valence-corrected chi connectivity index (χ4v) is 5.21. The van der Waals surface area contributed by atoms with Gasteiger partial charge in [0.25, 0.3) is 0 Å². The molecule has 0 aromatic heterocycles. The number of rotatable bonds is 5. The van der Waals surface area contributed by atoms with Crippen molar-refractivity contribution in [3.05, 3.63) is 62.6 Å². The van der Waals surface area contributed by atoms with E-state index in [1.54, 1.807) is 0 Å². The molecular formula is C23H26Cl2N2O2. The lowest BCUT2D eigenvalue weighted by molar-refractivity contribution is -0.141. The van der Waals surface area contributed by atoms with Crippen LogP contribution in [-0.2, 0) is 11.3 Å². The molecule has 2 aliphatic rings. The van der Waals surface area contributed by atoms with Crippen molar-refractivity contribution in [1.82, 2.24) is 4.90 Å². The third-order valence-corrected chi connectivity index (χ3v) is 6.94. The van der Waals surface area contributed by atoms with Gasteiger partial charge < -0.3 is 10.0 Å². The molecule has 2 aromatic rings. The summed E-state index contributed by atoms with van der Waals surface area (Å²) < 4.78 is 0. The first-order chi connectivity index (χ1) is 13.8. The van der Waals surface area contributed by atoms with Crippen LogP contribution in [0.25, 0.3) is 0 Å². The Labute approximate surface area is 182 Å². The molecule has 1 N–H and O–H groups in total. The summed E-state index contributed by atoms with van der Waals surface area (Å²) in [5, 5.41) is 10.6. The van der Waals surface area contributed by atoms with Crippen LogP contribution in [0.15, 0.2) is 30.3 Å². The highest BCUT2D eigenvalue weighted by Gasteiger charge is 2.32. The topological polar surface area (TPSA) is 43.8 Å². The maximum absolute atomic E-state index is 11.2. The van der Waals surface area contributed by atoms with Gasteiger partial charge in [0.15, 0.2) is 0 Å². The number of para-hydroxylation sites is 1. The van der Waals surface area contributed by atoms with Crippen LogP contribution in [0, 0.1) is 19.8 Å². The quantitative estimate of drug-likeness (QED) is 0.711. The Morgan fingerprint density at radius 2 is 1.72 bits per heavy atom. The zero-order valence-electron chi connectivity index (χ0n) is 16.8. The molecule has 2 saturated heterocycles. The number of nitrogens with zero attached hydrogens (tertiary/aromatic N) is 2. The van der Waals surface area contributed by atoms with E-state index < -0.39 is 5.97 Å². The lowest BCUT2D eigenvalue weighted by Gasteiger charge is -2.42. The molecule has 2 aromatic carbocycles. The molecule has 0 spiro atoms. The predicted octanol–water partition coefficient (Wildman–Crippen LogP) is 5.12. The van der Waals surface area contributed by atoms with E-state index in [1.165, 1.54) is 22.3 Å². The number of carbonyl (C=O) groups is 1. The van der Waals surface area contributed by atoms with Crippen molar-refractivity contribution in [2.75, 3.05) is 31.1 Å². The number of hydrogen-bond donors (Lipinski definition) is 1. The van der Waals surface area contributed by atoms with Crippen molar-refractivity contribution in [1.29, 1.82) is 0 Å². The van der Waals surface area contributed by atoms with Crippen LogP contribution in [0.1, 0.15) is 34.6 Å². The second-order valence-electron chi connectivity index (χ2n) is 8.36. The van der Waals surface area contributed by atoms with Crippen LogP contribution in [0.4, 0.5) is 5.69 Å². The number of benzene rings is 2. The van der Waals surface area contributed by atoms with E-state index in [1.807, 2.05) is 18.2 Å². The average Bonchev–Trinajstić information content (AvgIpc) is 3.08. The summed E-state index contributed by atoms with van der Waals surface area (Å²) >= 11 is 12.7. The minimum atomic E-state index is -0.676. The molecule has 6 heteroatoms. The third-order valence-electron chi connectivity index (χ3n) is 6.33. The van der Waals surface area contributed by atoms with E-state index >= 15 is 0 Å². The van der Waals surface area contributed by atoms with Gasteiger partial charge >= 0.3 is 5.97 Å². The van der Waals surface area contributed by atoms with Gasteiger partial charge in [-0.2, -0.15) is 0 Å². The van der Waals surface area contributed by atoms with E-state index in [4.69, 9.17) is 23.2 Å². The maximum Gasteiger partial charge on any atom is 0.307 e. The summed E-state index contributed by atoms with van der Waals surface area (Å²) in [6.07, 6.45) is 0.744. The fourth-order valence-electron chi connectivity index (χ4n) is 4.58. The minimum Gasteiger partial charge on any atom is -0.481 e. The zero-order valence-corrected chi connectivity index (χ0v) is 18.3. The number of hydrogen-bond acceptors (Lipinski definition) is 3. The van der Waals surface area contributed by atoms with Crippen LogP contribution in [0.2, 0.25) is 10.0 Å². The Bertz CT molecular complexity index is 897. The van der Waals surface area contributed by atoms with E-state index in [9.17, 15) is 9.90 Å². The number of anilines is 1. The van der Waals surface area contributed by atoms with Gasteiger partial charge in [-0.1, -0.05) is 41.4 Å². The monoisotopic (exact) mass is 432 g/mol. The van der Waals surface area contributed by atoms with Crippen molar-refractivity contribution in [3.63, 3.8) is 0 Å². The van der Waals surface area contributed by atoms with E-state index in [-0.39, 0.29) is 5.92 Å². The molecule has 2 fully saturated rings.